The fourth-order valence-corrected chi connectivity index (χ4v) is 6.99. The van der Waals surface area contributed by atoms with Gasteiger partial charge in [0.1, 0.15) is 28.8 Å². The first-order valence-corrected chi connectivity index (χ1v) is 15.1. The number of nitrogens with zero attached hydrogens (tertiary/aromatic N) is 2. The third kappa shape index (κ3) is 5.00. The topological polar surface area (TPSA) is 102 Å². The van der Waals surface area contributed by atoms with Crippen molar-refractivity contribution in [2.75, 3.05) is 20.3 Å². The SMILES string of the molecule is COc1ccc(C)cc1S(=O)(=O)c1ccc(C(=O)N2CCOc3ccc(-c4ccc5nc(C)[nH]c5c4)cc3C2)c(C)c1. The van der Waals surface area contributed by atoms with Gasteiger partial charge in [-0.1, -0.05) is 18.2 Å². The number of methoxy groups -OCH3 is 1. The van der Waals surface area contributed by atoms with Crippen molar-refractivity contribution >= 4 is 26.8 Å². The lowest BCUT2D eigenvalue weighted by molar-refractivity contribution is 0.0732. The van der Waals surface area contributed by atoms with Crippen molar-refractivity contribution in [2.45, 2.75) is 37.1 Å². The van der Waals surface area contributed by atoms with Crippen molar-refractivity contribution in [3.8, 4) is 22.6 Å². The van der Waals surface area contributed by atoms with Crippen LogP contribution in [0.15, 0.2) is 82.6 Å². The Morgan fingerprint density at radius 2 is 1.74 bits per heavy atom. The number of rotatable bonds is 5. The highest BCUT2D eigenvalue weighted by atomic mass is 32.2. The third-order valence-electron chi connectivity index (χ3n) is 7.61. The van der Waals surface area contributed by atoms with Crippen LogP contribution in [0.4, 0.5) is 0 Å². The third-order valence-corrected chi connectivity index (χ3v) is 9.38. The molecule has 42 heavy (non-hydrogen) atoms. The van der Waals surface area contributed by atoms with Crippen molar-refractivity contribution < 1.29 is 22.7 Å². The zero-order valence-corrected chi connectivity index (χ0v) is 24.7. The van der Waals surface area contributed by atoms with Crippen LogP contribution >= 0.6 is 0 Å². The predicted molar refractivity (Wildman–Crippen MR) is 161 cm³/mol. The van der Waals surface area contributed by atoms with Crippen LogP contribution in [0.25, 0.3) is 22.2 Å². The second kappa shape index (κ2) is 10.6. The second-order valence-electron chi connectivity index (χ2n) is 10.6. The summed E-state index contributed by atoms with van der Waals surface area (Å²) >= 11 is 0. The van der Waals surface area contributed by atoms with Crippen molar-refractivity contribution in [1.29, 1.82) is 0 Å². The maximum absolute atomic E-state index is 13.8. The van der Waals surface area contributed by atoms with Crippen LogP contribution in [0.1, 0.15) is 32.9 Å². The lowest BCUT2D eigenvalue weighted by Crippen LogP contribution is -2.33. The summed E-state index contributed by atoms with van der Waals surface area (Å²) in [6, 6.07) is 21.8. The molecule has 5 aromatic rings. The van der Waals surface area contributed by atoms with E-state index in [0.29, 0.717) is 30.8 Å². The van der Waals surface area contributed by atoms with Gasteiger partial charge in [0, 0.05) is 17.7 Å². The van der Waals surface area contributed by atoms with Crippen LogP contribution in [0.2, 0.25) is 0 Å². The molecule has 1 N–H and O–H groups in total. The monoisotopic (exact) mass is 581 g/mol. The molecule has 0 radical (unpaired) electrons. The number of aromatic nitrogens is 2. The van der Waals surface area contributed by atoms with Crippen molar-refractivity contribution in [3.63, 3.8) is 0 Å². The number of ether oxygens (including phenoxy) is 2. The molecule has 1 aliphatic rings. The second-order valence-corrected chi connectivity index (χ2v) is 12.5. The van der Waals surface area contributed by atoms with Crippen molar-refractivity contribution in [3.05, 3.63) is 101 Å². The van der Waals surface area contributed by atoms with E-state index in [2.05, 4.69) is 22.1 Å². The van der Waals surface area contributed by atoms with Gasteiger partial charge in [0.25, 0.3) is 5.91 Å². The molecule has 1 amide bonds. The average Bonchev–Trinajstić information content (AvgIpc) is 3.22. The Morgan fingerprint density at radius 3 is 2.52 bits per heavy atom. The summed E-state index contributed by atoms with van der Waals surface area (Å²) in [4.78, 5) is 23.5. The lowest BCUT2D eigenvalue weighted by atomic mass is 10.0. The predicted octanol–water partition coefficient (Wildman–Crippen LogP) is 6.03. The normalized spacial score (nSPS) is 13.4. The van der Waals surface area contributed by atoms with Gasteiger partial charge in [0.05, 0.1) is 29.6 Å². The number of hydrogen-bond acceptors (Lipinski definition) is 6. The molecule has 0 unspecified atom stereocenters. The molecule has 0 saturated carbocycles. The van der Waals surface area contributed by atoms with E-state index in [0.717, 1.165) is 44.9 Å². The van der Waals surface area contributed by atoms with Crippen LogP contribution in [-0.4, -0.2) is 49.5 Å². The summed E-state index contributed by atoms with van der Waals surface area (Å²) in [6.45, 7) is 6.65. The number of H-pyrrole nitrogens is 1. The molecule has 4 aromatic carbocycles. The number of imidazole rings is 1. The number of hydrogen-bond donors (Lipinski definition) is 1. The van der Waals surface area contributed by atoms with E-state index < -0.39 is 9.84 Å². The van der Waals surface area contributed by atoms with Gasteiger partial charge in [-0.05, 0) is 97.6 Å². The van der Waals surface area contributed by atoms with E-state index in [-0.39, 0.29) is 21.4 Å². The number of carbonyl (C=O) groups excluding carboxylic acids is 1. The summed E-state index contributed by atoms with van der Waals surface area (Å²) in [5, 5.41) is 0. The first-order chi connectivity index (χ1) is 20.1. The quantitative estimate of drug-likeness (QED) is 0.272. The highest BCUT2D eigenvalue weighted by molar-refractivity contribution is 7.91. The minimum absolute atomic E-state index is 0.0994. The van der Waals surface area contributed by atoms with Crippen molar-refractivity contribution in [2.24, 2.45) is 0 Å². The van der Waals surface area contributed by atoms with E-state index in [1.54, 1.807) is 42.2 Å². The number of sulfone groups is 1. The van der Waals surface area contributed by atoms with Crippen LogP contribution in [0.5, 0.6) is 11.5 Å². The summed E-state index contributed by atoms with van der Waals surface area (Å²) in [7, 11) is -2.41. The van der Waals surface area contributed by atoms with Gasteiger partial charge in [-0.2, -0.15) is 0 Å². The van der Waals surface area contributed by atoms with Crippen molar-refractivity contribution in [1.82, 2.24) is 14.9 Å². The molecule has 0 atom stereocenters. The molecule has 0 bridgehead atoms. The molecular formula is C33H31N3O5S. The van der Waals surface area contributed by atoms with Gasteiger partial charge < -0.3 is 19.4 Å². The van der Waals surface area contributed by atoms with E-state index >= 15 is 0 Å². The Balaban J connectivity index is 1.28. The Labute approximate surface area is 244 Å². The number of carbonyl (C=O) groups is 1. The first kappa shape index (κ1) is 27.5. The number of fused-ring (bicyclic) bond motifs is 2. The van der Waals surface area contributed by atoms with E-state index in [4.69, 9.17) is 9.47 Å². The van der Waals surface area contributed by atoms with Gasteiger partial charge in [0.2, 0.25) is 9.84 Å². The zero-order valence-electron chi connectivity index (χ0n) is 23.9. The first-order valence-electron chi connectivity index (χ1n) is 13.7. The van der Waals surface area contributed by atoms with Gasteiger partial charge in [-0.3, -0.25) is 4.79 Å². The molecule has 8 nitrogen and oxygen atoms in total. The fraction of sp³-hybridized carbons (Fsp3) is 0.212. The minimum Gasteiger partial charge on any atom is -0.495 e. The lowest BCUT2D eigenvalue weighted by Gasteiger charge is -2.21. The Kier molecular flexibility index (Phi) is 6.98. The summed E-state index contributed by atoms with van der Waals surface area (Å²) < 4.78 is 38.3. The van der Waals surface area contributed by atoms with E-state index in [9.17, 15) is 13.2 Å². The molecule has 0 fully saturated rings. The van der Waals surface area contributed by atoms with Crippen LogP contribution in [-0.2, 0) is 16.4 Å². The highest BCUT2D eigenvalue weighted by Gasteiger charge is 2.26. The highest BCUT2D eigenvalue weighted by Crippen LogP contribution is 2.33. The maximum atomic E-state index is 13.8. The molecule has 2 heterocycles. The maximum Gasteiger partial charge on any atom is 0.254 e. The van der Waals surface area contributed by atoms with Gasteiger partial charge in [-0.15, -0.1) is 0 Å². The number of amides is 1. The number of nitrogens with one attached hydrogen (secondary N) is 1. The molecule has 9 heteroatoms. The van der Waals surface area contributed by atoms with Crippen LogP contribution in [0, 0.1) is 20.8 Å². The molecule has 0 saturated heterocycles. The Hall–Kier alpha value is -4.63. The summed E-state index contributed by atoms with van der Waals surface area (Å²) in [5.41, 5.74) is 6.67. The number of aryl methyl sites for hydroxylation is 3. The molecule has 6 rings (SSSR count). The van der Waals surface area contributed by atoms with Crippen LogP contribution in [0.3, 0.4) is 0 Å². The standard InChI is InChI=1S/C33H31N3O5S/c1-20-5-11-31(40-4)32(15-20)42(38,39)26-8-9-27(21(2)16-26)33(37)36-13-14-41-30-12-7-23(17-25(30)19-36)24-6-10-28-29(18-24)35-22(3)34-28/h5-12,15-18H,13-14,19H2,1-4H3,(H,34,35). The average molecular weight is 582 g/mol. The minimum atomic E-state index is -3.86. The molecule has 0 aliphatic carbocycles. The molecule has 1 aliphatic heterocycles. The molecule has 0 spiro atoms. The molecular weight excluding hydrogens is 550 g/mol. The summed E-state index contributed by atoms with van der Waals surface area (Å²) in [6.07, 6.45) is 0. The number of benzene rings is 4. The Bertz CT molecular complexity index is 1960. The smallest absolute Gasteiger partial charge is 0.254 e. The van der Waals surface area contributed by atoms with Crippen LogP contribution < -0.4 is 9.47 Å². The van der Waals surface area contributed by atoms with E-state index in [1.165, 1.54) is 13.2 Å². The van der Waals surface area contributed by atoms with Gasteiger partial charge >= 0.3 is 0 Å². The van der Waals surface area contributed by atoms with Gasteiger partial charge in [-0.25, -0.2) is 13.4 Å². The summed E-state index contributed by atoms with van der Waals surface area (Å²) in [5.74, 6) is 1.71. The Morgan fingerprint density at radius 1 is 0.952 bits per heavy atom. The fourth-order valence-electron chi connectivity index (χ4n) is 5.40. The largest absolute Gasteiger partial charge is 0.495 e. The molecule has 214 valence electrons. The zero-order chi connectivity index (χ0) is 29.6. The number of aromatic amines is 1. The molecule has 1 aromatic heterocycles. The van der Waals surface area contributed by atoms with Gasteiger partial charge in [0.15, 0.2) is 0 Å². The van der Waals surface area contributed by atoms with E-state index in [1.807, 2.05) is 38.1 Å².